The summed E-state index contributed by atoms with van der Waals surface area (Å²) in [6, 6.07) is 7.87. The van der Waals surface area contributed by atoms with Crippen LogP contribution in [0.2, 0.25) is 0 Å². The van der Waals surface area contributed by atoms with E-state index in [1.54, 1.807) is 0 Å². The molecule has 3 N–H and O–H groups in total. The molecule has 1 aliphatic heterocycles. The van der Waals surface area contributed by atoms with Crippen LogP contribution in [0.1, 0.15) is 31.1 Å². The highest BCUT2D eigenvalue weighted by Gasteiger charge is 2.24. The maximum absolute atomic E-state index is 10.3. The van der Waals surface area contributed by atoms with E-state index in [1.165, 1.54) is 0 Å². The second-order valence-corrected chi connectivity index (χ2v) is 5.44. The van der Waals surface area contributed by atoms with E-state index < -0.39 is 6.10 Å². The van der Waals surface area contributed by atoms with E-state index in [0.29, 0.717) is 13.1 Å². The average Bonchev–Trinajstić information content (AvgIpc) is 2.37. The van der Waals surface area contributed by atoms with Crippen LogP contribution in [0, 0.1) is 0 Å². The Morgan fingerprint density at radius 2 is 1.84 bits per heavy atom. The summed E-state index contributed by atoms with van der Waals surface area (Å²) in [5.74, 6) is 0. The third-order valence-corrected chi connectivity index (χ3v) is 3.53. The molecule has 0 bridgehead atoms. The van der Waals surface area contributed by atoms with Crippen molar-refractivity contribution in [2.75, 3.05) is 19.6 Å². The lowest BCUT2D eigenvalue weighted by atomic mass is 10.1. The van der Waals surface area contributed by atoms with E-state index in [-0.39, 0.29) is 12.2 Å². The SMILES string of the molecule is CC1CN(CC(O)c2ccc(CN)cc2)CC(C)O1. The fraction of sp³-hybridized carbons (Fsp3) is 0.600. The van der Waals surface area contributed by atoms with Crippen molar-refractivity contribution in [2.24, 2.45) is 5.73 Å². The zero-order valence-electron chi connectivity index (χ0n) is 11.7. The monoisotopic (exact) mass is 264 g/mol. The Hall–Kier alpha value is -0.940. The van der Waals surface area contributed by atoms with Crippen molar-refractivity contribution in [2.45, 2.75) is 38.7 Å². The predicted octanol–water partition coefficient (Wildman–Crippen LogP) is 1.29. The Kier molecular flexibility index (Phi) is 4.93. The molecule has 3 atom stereocenters. The van der Waals surface area contributed by atoms with Crippen LogP contribution in [-0.2, 0) is 11.3 Å². The summed E-state index contributed by atoms with van der Waals surface area (Å²) >= 11 is 0. The molecule has 4 nitrogen and oxygen atoms in total. The molecule has 1 fully saturated rings. The minimum atomic E-state index is -0.454. The third kappa shape index (κ3) is 4.01. The number of aliphatic hydroxyl groups is 1. The molecular weight excluding hydrogens is 240 g/mol. The molecular formula is C15H24N2O2. The van der Waals surface area contributed by atoms with Gasteiger partial charge in [0.15, 0.2) is 0 Å². The normalized spacial score (nSPS) is 26.3. The first kappa shape index (κ1) is 14.5. The third-order valence-electron chi connectivity index (χ3n) is 3.53. The molecule has 1 aliphatic rings. The first-order valence-electron chi connectivity index (χ1n) is 6.93. The molecule has 0 saturated carbocycles. The van der Waals surface area contributed by atoms with Gasteiger partial charge in [-0.2, -0.15) is 0 Å². The Balaban J connectivity index is 1.93. The maximum Gasteiger partial charge on any atom is 0.0916 e. The van der Waals surface area contributed by atoms with Gasteiger partial charge in [-0.1, -0.05) is 24.3 Å². The number of morpholine rings is 1. The van der Waals surface area contributed by atoms with Gasteiger partial charge < -0.3 is 15.6 Å². The first-order chi connectivity index (χ1) is 9.08. The van der Waals surface area contributed by atoms with Crippen molar-refractivity contribution >= 4 is 0 Å². The number of ether oxygens (including phenoxy) is 1. The van der Waals surface area contributed by atoms with Crippen molar-refractivity contribution in [3.8, 4) is 0 Å². The summed E-state index contributed by atoms with van der Waals surface area (Å²) in [6.45, 7) is 7.09. The van der Waals surface area contributed by atoms with Gasteiger partial charge in [-0.3, -0.25) is 4.90 Å². The minimum absolute atomic E-state index is 0.232. The van der Waals surface area contributed by atoms with Gasteiger partial charge in [0.2, 0.25) is 0 Å². The van der Waals surface area contributed by atoms with Crippen molar-refractivity contribution in [3.05, 3.63) is 35.4 Å². The molecule has 0 radical (unpaired) electrons. The number of benzene rings is 1. The largest absolute Gasteiger partial charge is 0.387 e. The summed E-state index contributed by atoms with van der Waals surface area (Å²) in [4.78, 5) is 2.26. The number of nitrogens with two attached hydrogens (primary N) is 1. The number of hydrogen-bond acceptors (Lipinski definition) is 4. The second-order valence-electron chi connectivity index (χ2n) is 5.44. The highest BCUT2D eigenvalue weighted by Crippen LogP contribution is 2.18. The van der Waals surface area contributed by atoms with Crippen LogP contribution in [0.25, 0.3) is 0 Å². The number of aliphatic hydroxyl groups excluding tert-OH is 1. The maximum atomic E-state index is 10.3. The van der Waals surface area contributed by atoms with Gasteiger partial charge in [0, 0.05) is 26.2 Å². The van der Waals surface area contributed by atoms with Crippen LogP contribution >= 0.6 is 0 Å². The van der Waals surface area contributed by atoms with Gasteiger partial charge in [-0.25, -0.2) is 0 Å². The zero-order chi connectivity index (χ0) is 13.8. The lowest BCUT2D eigenvalue weighted by Gasteiger charge is -2.36. The van der Waals surface area contributed by atoms with E-state index >= 15 is 0 Å². The molecule has 1 heterocycles. The Morgan fingerprint density at radius 1 is 1.26 bits per heavy atom. The Bertz CT molecular complexity index is 384. The van der Waals surface area contributed by atoms with Crippen LogP contribution in [-0.4, -0.2) is 41.8 Å². The molecule has 19 heavy (non-hydrogen) atoms. The molecule has 3 unspecified atom stereocenters. The summed E-state index contributed by atoms with van der Waals surface area (Å²) in [7, 11) is 0. The topological polar surface area (TPSA) is 58.7 Å². The van der Waals surface area contributed by atoms with Crippen LogP contribution in [0.15, 0.2) is 24.3 Å². The molecule has 106 valence electrons. The molecule has 0 aromatic heterocycles. The first-order valence-corrected chi connectivity index (χ1v) is 6.93. The fourth-order valence-corrected chi connectivity index (χ4v) is 2.66. The van der Waals surface area contributed by atoms with Crippen LogP contribution in [0.3, 0.4) is 0 Å². The van der Waals surface area contributed by atoms with Gasteiger partial charge in [-0.15, -0.1) is 0 Å². The molecule has 4 heteroatoms. The standard InChI is InChI=1S/C15H24N2O2/c1-11-8-17(9-12(2)19-11)10-15(18)14-5-3-13(7-16)4-6-14/h3-6,11-12,15,18H,7-10,16H2,1-2H3. The van der Waals surface area contributed by atoms with Gasteiger partial charge in [0.05, 0.1) is 18.3 Å². The number of rotatable bonds is 4. The quantitative estimate of drug-likeness (QED) is 0.860. The van der Waals surface area contributed by atoms with Crippen molar-refractivity contribution < 1.29 is 9.84 Å². The summed E-state index contributed by atoms with van der Waals surface area (Å²) in [5, 5.41) is 10.3. The molecule has 0 aliphatic carbocycles. The molecule has 1 aromatic rings. The van der Waals surface area contributed by atoms with Crippen molar-refractivity contribution in [3.63, 3.8) is 0 Å². The molecule has 1 saturated heterocycles. The molecule has 0 amide bonds. The Morgan fingerprint density at radius 3 is 2.37 bits per heavy atom. The van der Waals surface area contributed by atoms with Crippen LogP contribution in [0.4, 0.5) is 0 Å². The van der Waals surface area contributed by atoms with Crippen LogP contribution < -0.4 is 5.73 Å². The predicted molar refractivity (Wildman–Crippen MR) is 75.7 cm³/mol. The lowest BCUT2D eigenvalue weighted by molar-refractivity contribution is -0.0767. The smallest absolute Gasteiger partial charge is 0.0916 e. The van der Waals surface area contributed by atoms with Gasteiger partial charge >= 0.3 is 0 Å². The summed E-state index contributed by atoms with van der Waals surface area (Å²) in [6.07, 6.45) is 0.00968. The Labute approximate surface area is 115 Å². The zero-order valence-corrected chi connectivity index (χ0v) is 11.7. The van der Waals surface area contributed by atoms with E-state index in [4.69, 9.17) is 10.5 Å². The second kappa shape index (κ2) is 6.48. The number of β-amino-alcohol motifs (C(OH)–C–C–N with tert-alkyl or cyclic N) is 1. The van der Waals surface area contributed by atoms with Gasteiger partial charge in [-0.05, 0) is 25.0 Å². The average molecular weight is 264 g/mol. The highest BCUT2D eigenvalue weighted by atomic mass is 16.5. The minimum Gasteiger partial charge on any atom is -0.387 e. The van der Waals surface area contributed by atoms with Crippen molar-refractivity contribution in [1.82, 2.24) is 4.90 Å². The number of nitrogens with zero attached hydrogens (tertiary/aromatic N) is 1. The van der Waals surface area contributed by atoms with Gasteiger partial charge in [0.25, 0.3) is 0 Å². The van der Waals surface area contributed by atoms with Gasteiger partial charge in [0.1, 0.15) is 0 Å². The highest BCUT2D eigenvalue weighted by molar-refractivity contribution is 5.24. The molecule has 2 rings (SSSR count). The van der Waals surface area contributed by atoms with Crippen LogP contribution in [0.5, 0.6) is 0 Å². The van der Waals surface area contributed by atoms with E-state index in [9.17, 15) is 5.11 Å². The lowest BCUT2D eigenvalue weighted by Crippen LogP contribution is -2.46. The number of hydrogen-bond donors (Lipinski definition) is 2. The summed E-state index contributed by atoms with van der Waals surface area (Å²) in [5.41, 5.74) is 7.61. The van der Waals surface area contributed by atoms with E-state index in [1.807, 2.05) is 24.3 Å². The van der Waals surface area contributed by atoms with E-state index in [0.717, 1.165) is 24.2 Å². The molecule has 1 aromatic carbocycles. The molecule has 0 spiro atoms. The van der Waals surface area contributed by atoms with Crippen molar-refractivity contribution in [1.29, 1.82) is 0 Å². The van der Waals surface area contributed by atoms with E-state index in [2.05, 4.69) is 18.7 Å². The summed E-state index contributed by atoms with van der Waals surface area (Å²) < 4.78 is 5.70. The fourth-order valence-electron chi connectivity index (χ4n) is 2.66.